The molecule has 3 heteroatoms. The quantitative estimate of drug-likeness (QED) is 0.545. The van der Waals surface area contributed by atoms with Crippen LogP contribution in [-0.2, 0) is 6.54 Å². The highest BCUT2D eigenvalue weighted by Crippen LogP contribution is 2.14. The summed E-state index contributed by atoms with van der Waals surface area (Å²) >= 11 is 1.72. The van der Waals surface area contributed by atoms with Gasteiger partial charge in [-0.05, 0) is 26.9 Å². The molecule has 0 amide bonds. The molecule has 0 saturated carbocycles. The lowest BCUT2D eigenvalue weighted by molar-refractivity contribution is 0.326. The summed E-state index contributed by atoms with van der Waals surface area (Å²) in [6.45, 7) is 4.10. The van der Waals surface area contributed by atoms with E-state index in [4.69, 9.17) is 6.42 Å². The van der Waals surface area contributed by atoms with E-state index in [9.17, 15) is 0 Å². The van der Waals surface area contributed by atoms with Crippen molar-refractivity contribution in [2.75, 3.05) is 13.6 Å². The van der Waals surface area contributed by atoms with Gasteiger partial charge in [0.2, 0.25) is 0 Å². The first kappa shape index (κ1) is 11.2. The molecule has 2 nitrogen and oxygen atoms in total. The number of thiazole rings is 1. The van der Waals surface area contributed by atoms with Crippen molar-refractivity contribution < 1.29 is 0 Å². The van der Waals surface area contributed by atoms with Crippen LogP contribution in [-0.4, -0.2) is 23.5 Å². The average molecular weight is 208 g/mol. The molecule has 0 radical (unpaired) electrons. The summed E-state index contributed by atoms with van der Waals surface area (Å²) in [6, 6.07) is 0. The summed E-state index contributed by atoms with van der Waals surface area (Å²) in [6.07, 6.45) is 7.14. The third kappa shape index (κ3) is 3.49. The molecular weight excluding hydrogens is 192 g/mol. The number of aromatic nitrogens is 1. The highest BCUT2D eigenvalue weighted by molar-refractivity contribution is 7.09. The van der Waals surface area contributed by atoms with Gasteiger partial charge in [0.15, 0.2) is 0 Å². The molecule has 0 aromatic carbocycles. The molecule has 0 aliphatic heterocycles. The summed E-state index contributed by atoms with van der Waals surface area (Å²) in [5.41, 5.74) is 3.05. The molecule has 0 N–H and O–H groups in total. The summed E-state index contributed by atoms with van der Waals surface area (Å²) in [7, 11) is 2.12. The Kier molecular flexibility index (Phi) is 4.64. The van der Waals surface area contributed by atoms with E-state index in [1.54, 1.807) is 11.3 Å². The molecular formula is C11H16N2S. The topological polar surface area (TPSA) is 16.1 Å². The molecule has 0 aliphatic carbocycles. The van der Waals surface area contributed by atoms with Crippen molar-refractivity contribution in [1.29, 1.82) is 0 Å². The summed E-state index contributed by atoms with van der Waals surface area (Å²) in [5, 5.41) is 0. The number of aryl methyl sites for hydroxylation is 1. The molecule has 0 fully saturated rings. The maximum absolute atomic E-state index is 5.20. The van der Waals surface area contributed by atoms with Crippen molar-refractivity contribution in [3.05, 3.63) is 16.1 Å². The van der Waals surface area contributed by atoms with Crippen molar-refractivity contribution in [1.82, 2.24) is 9.88 Å². The normalized spacial score (nSPS) is 10.4. The number of rotatable bonds is 5. The molecule has 1 aromatic heterocycles. The predicted octanol–water partition coefficient (Wildman–Crippen LogP) is 2.30. The molecule has 0 spiro atoms. The van der Waals surface area contributed by atoms with Crippen molar-refractivity contribution >= 4 is 11.3 Å². The minimum Gasteiger partial charge on any atom is -0.301 e. The highest BCUT2D eigenvalue weighted by Gasteiger charge is 2.04. The van der Waals surface area contributed by atoms with Gasteiger partial charge in [-0.1, -0.05) is 0 Å². The summed E-state index contributed by atoms with van der Waals surface area (Å²) in [5.74, 6) is 2.66. The van der Waals surface area contributed by atoms with Crippen molar-refractivity contribution in [2.45, 2.75) is 26.3 Å². The van der Waals surface area contributed by atoms with Gasteiger partial charge >= 0.3 is 0 Å². The monoisotopic (exact) mass is 208 g/mol. The van der Waals surface area contributed by atoms with Crippen LogP contribution in [0.1, 0.15) is 23.4 Å². The number of terminal acetylenes is 1. The third-order valence-corrected chi connectivity index (χ3v) is 3.04. The zero-order valence-corrected chi connectivity index (χ0v) is 9.60. The van der Waals surface area contributed by atoms with Gasteiger partial charge in [0.05, 0.1) is 11.2 Å². The summed E-state index contributed by atoms with van der Waals surface area (Å²) in [4.78, 5) is 7.87. The molecule has 1 aromatic rings. The van der Waals surface area contributed by atoms with Crippen molar-refractivity contribution in [3.8, 4) is 12.3 Å². The number of hydrogen-bond donors (Lipinski definition) is 0. The Morgan fingerprint density at radius 3 is 3.00 bits per heavy atom. The van der Waals surface area contributed by atoms with Crippen molar-refractivity contribution in [2.24, 2.45) is 0 Å². The molecule has 1 heterocycles. The van der Waals surface area contributed by atoms with E-state index in [1.165, 1.54) is 4.88 Å². The molecule has 14 heavy (non-hydrogen) atoms. The standard InChI is InChI=1S/C11H16N2S/c1-4-5-6-7-13(3)8-11-10(2)12-9-14-11/h1,9H,5-8H2,2-3H3. The Balaban J connectivity index is 2.31. The van der Waals surface area contributed by atoms with Crippen LogP contribution in [0.5, 0.6) is 0 Å². The van der Waals surface area contributed by atoms with E-state index in [1.807, 2.05) is 5.51 Å². The first-order valence-electron chi connectivity index (χ1n) is 4.75. The van der Waals surface area contributed by atoms with E-state index in [0.29, 0.717) is 0 Å². The number of nitrogens with zero attached hydrogens (tertiary/aromatic N) is 2. The van der Waals surface area contributed by atoms with Gasteiger partial charge in [0.1, 0.15) is 0 Å². The Labute approximate surface area is 90.0 Å². The highest BCUT2D eigenvalue weighted by atomic mass is 32.1. The van der Waals surface area contributed by atoms with Gasteiger partial charge in [-0.2, -0.15) is 0 Å². The third-order valence-electron chi connectivity index (χ3n) is 2.12. The summed E-state index contributed by atoms with van der Waals surface area (Å²) < 4.78 is 0. The maximum atomic E-state index is 5.20. The molecule has 1 rings (SSSR count). The Hall–Kier alpha value is -0.850. The molecule has 0 unspecified atom stereocenters. The van der Waals surface area contributed by atoms with Gasteiger partial charge < -0.3 is 4.90 Å². The molecule has 0 bridgehead atoms. The minimum atomic E-state index is 0.867. The Bertz CT molecular complexity index is 311. The van der Waals surface area contributed by atoms with E-state index >= 15 is 0 Å². The van der Waals surface area contributed by atoms with Crippen LogP contribution in [0.15, 0.2) is 5.51 Å². The first-order chi connectivity index (χ1) is 6.74. The lowest BCUT2D eigenvalue weighted by Crippen LogP contribution is -2.18. The predicted molar refractivity (Wildman–Crippen MR) is 61.3 cm³/mol. The fourth-order valence-electron chi connectivity index (χ4n) is 1.25. The van der Waals surface area contributed by atoms with Crippen LogP contribution in [0.2, 0.25) is 0 Å². The van der Waals surface area contributed by atoms with Gasteiger partial charge in [-0.3, -0.25) is 0 Å². The van der Waals surface area contributed by atoms with E-state index < -0.39 is 0 Å². The van der Waals surface area contributed by atoms with Crippen LogP contribution in [0, 0.1) is 19.3 Å². The molecule has 76 valence electrons. The first-order valence-corrected chi connectivity index (χ1v) is 5.63. The maximum Gasteiger partial charge on any atom is 0.0798 e. The van der Waals surface area contributed by atoms with Crippen LogP contribution in [0.3, 0.4) is 0 Å². The van der Waals surface area contributed by atoms with E-state index in [-0.39, 0.29) is 0 Å². The number of hydrogen-bond acceptors (Lipinski definition) is 3. The van der Waals surface area contributed by atoms with Crippen LogP contribution in [0.4, 0.5) is 0 Å². The molecule has 0 atom stereocenters. The van der Waals surface area contributed by atoms with Gasteiger partial charge in [0, 0.05) is 17.8 Å². The van der Waals surface area contributed by atoms with Gasteiger partial charge in [-0.15, -0.1) is 23.7 Å². The van der Waals surface area contributed by atoms with Gasteiger partial charge in [-0.25, -0.2) is 4.98 Å². The van der Waals surface area contributed by atoms with Gasteiger partial charge in [0.25, 0.3) is 0 Å². The van der Waals surface area contributed by atoms with E-state index in [2.05, 4.69) is 29.8 Å². The van der Waals surface area contributed by atoms with Crippen LogP contribution < -0.4 is 0 Å². The Morgan fingerprint density at radius 2 is 2.43 bits per heavy atom. The Morgan fingerprint density at radius 1 is 1.64 bits per heavy atom. The molecule has 0 aliphatic rings. The smallest absolute Gasteiger partial charge is 0.0798 e. The second-order valence-electron chi connectivity index (χ2n) is 3.41. The van der Waals surface area contributed by atoms with Crippen LogP contribution in [0.25, 0.3) is 0 Å². The fourth-order valence-corrected chi connectivity index (χ4v) is 2.11. The second kappa shape index (κ2) is 5.79. The SMILES string of the molecule is C#CCCCN(C)Cc1scnc1C. The molecule has 0 saturated heterocycles. The zero-order valence-electron chi connectivity index (χ0n) is 8.79. The second-order valence-corrected chi connectivity index (χ2v) is 4.35. The largest absolute Gasteiger partial charge is 0.301 e. The zero-order chi connectivity index (χ0) is 10.4. The number of unbranched alkanes of at least 4 members (excludes halogenated alkanes) is 1. The lowest BCUT2D eigenvalue weighted by Gasteiger charge is -2.14. The fraction of sp³-hybridized carbons (Fsp3) is 0.545. The van der Waals surface area contributed by atoms with E-state index in [0.717, 1.165) is 31.6 Å². The van der Waals surface area contributed by atoms with Crippen molar-refractivity contribution in [3.63, 3.8) is 0 Å². The average Bonchev–Trinajstić information content (AvgIpc) is 2.52. The lowest BCUT2D eigenvalue weighted by atomic mass is 10.3. The minimum absolute atomic E-state index is 0.867. The van der Waals surface area contributed by atoms with Crippen LogP contribution >= 0.6 is 11.3 Å².